The zero-order valence-electron chi connectivity index (χ0n) is 14.4. The van der Waals surface area contributed by atoms with Crippen LogP contribution in [0.5, 0.6) is 11.6 Å². The number of ether oxygens (including phenoxy) is 1. The molecule has 124 valence electrons. The highest BCUT2D eigenvalue weighted by atomic mass is 16.5. The van der Waals surface area contributed by atoms with Crippen molar-refractivity contribution in [3.05, 3.63) is 53.6 Å². The lowest BCUT2D eigenvalue weighted by Crippen LogP contribution is -2.11. The van der Waals surface area contributed by atoms with E-state index in [1.165, 1.54) is 0 Å². The Bertz CT molecular complexity index is 902. The molecule has 0 saturated carbocycles. The van der Waals surface area contributed by atoms with E-state index in [9.17, 15) is 5.11 Å². The number of hydrogen-bond acceptors (Lipinski definition) is 3. The number of methoxy groups -OCH3 is 1. The standard InChI is InChI=1S/C20H22N2O2/c1-20(2,3)16-7-5-6-8-18(16)21-12-15-14-11-13(24-4)9-10-17(14)22-19(15)23/h5-12,22-23H,1-4H3. The lowest BCUT2D eigenvalue weighted by atomic mass is 9.86. The lowest BCUT2D eigenvalue weighted by molar-refractivity contribution is 0.415. The second kappa shape index (κ2) is 6.04. The minimum Gasteiger partial charge on any atom is -0.497 e. The van der Waals surface area contributed by atoms with Crippen molar-refractivity contribution in [2.75, 3.05) is 7.11 Å². The smallest absolute Gasteiger partial charge is 0.198 e. The molecular formula is C20H22N2O2. The van der Waals surface area contributed by atoms with Gasteiger partial charge in [0.2, 0.25) is 0 Å². The average Bonchev–Trinajstić information content (AvgIpc) is 2.86. The number of aromatic amines is 1. The van der Waals surface area contributed by atoms with Crippen molar-refractivity contribution in [3.63, 3.8) is 0 Å². The van der Waals surface area contributed by atoms with Crippen molar-refractivity contribution in [2.24, 2.45) is 4.99 Å². The van der Waals surface area contributed by atoms with Gasteiger partial charge in [0, 0.05) is 17.1 Å². The van der Waals surface area contributed by atoms with Crippen LogP contribution in [0.1, 0.15) is 31.9 Å². The minimum atomic E-state index is -0.000583. The maximum Gasteiger partial charge on any atom is 0.198 e. The first-order valence-electron chi connectivity index (χ1n) is 7.92. The maximum atomic E-state index is 10.2. The van der Waals surface area contributed by atoms with Gasteiger partial charge in [0.25, 0.3) is 0 Å². The van der Waals surface area contributed by atoms with E-state index in [1.807, 2.05) is 36.4 Å². The van der Waals surface area contributed by atoms with E-state index >= 15 is 0 Å². The van der Waals surface area contributed by atoms with E-state index in [4.69, 9.17) is 4.74 Å². The van der Waals surface area contributed by atoms with Crippen LogP contribution in [0.15, 0.2) is 47.5 Å². The number of nitrogens with one attached hydrogen (secondary N) is 1. The molecule has 0 radical (unpaired) electrons. The van der Waals surface area contributed by atoms with Gasteiger partial charge in [0.15, 0.2) is 5.88 Å². The van der Waals surface area contributed by atoms with Crippen LogP contribution in [-0.4, -0.2) is 23.4 Å². The fourth-order valence-electron chi connectivity index (χ4n) is 2.79. The molecule has 1 heterocycles. The van der Waals surface area contributed by atoms with Crippen LogP contribution < -0.4 is 4.74 Å². The van der Waals surface area contributed by atoms with E-state index < -0.39 is 0 Å². The summed E-state index contributed by atoms with van der Waals surface area (Å²) in [5, 5.41) is 11.1. The van der Waals surface area contributed by atoms with Crippen LogP contribution in [0.2, 0.25) is 0 Å². The van der Waals surface area contributed by atoms with E-state index in [2.05, 4.69) is 36.8 Å². The molecule has 3 rings (SSSR count). The largest absolute Gasteiger partial charge is 0.497 e. The number of H-pyrrole nitrogens is 1. The summed E-state index contributed by atoms with van der Waals surface area (Å²) in [6.07, 6.45) is 1.71. The molecule has 24 heavy (non-hydrogen) atoms. The molecule has 0 saturated heterocycles. The first-order valence-corrected chi connectivity index (χ1v) is 7.92. The third-order valence-electron chi connectivity index (χ3n) is 4.07. The van der Waals surface area contributed by atoms with Gasteiger partial charge in [0.05, 0.1) is 18.4 Å². The van der Waals surface area contributed by atoms with Crippen LogP contribution >= 0.6 is 0 Å². The molecule has 2 aromatic carbocycles. The van der Waals surface area contributed by atoms with Gasteiger partial charge in [-0.1, -0.05) is 39.0 Å². The van der Waals surface area contributed by atoms with Crippen LogP contribution in [0.3, 0.4) is 0 Å². The highest BCUT2D eigenvalue weighted by Gasteiger charge is 2.17. The second-order valence-electron chi connectivity index (χ2n) is 6.82. The van der Waals surface area contributed by atoms with Gasteiger partial charge in [-0.2, -0.15) is 0 Å². The number of nitrogens with zero attached hydrogens (tertiary/aromatic N) is 1. The second-order valence-corrected chi connectivity index (χ2v) is 6.82. The molecule has 4 heteroatoms. The summed E-state index contributed by atoms with van der Waals surface area (Å²) in [5.41, 5.74) is 3.57. The van der Waals surface area contributed by atoms with Gasteiger partial charge in [-0.15, -0.1) is 0 Å². The van der Waals surface area contributed by atoms with E-state index in [0.717, 1.165) is 27.9 Å². The zero-order chi connectivity index (χ0) is 17.3. The SMILES string of the molecule is COc1ccc2[nH]c(O)c(C=Nc3ccccc3C(C)(C)C)c2c1. The Morgan fingerprint density at radius 1 is 1.12 bits per heavy atom. The number of fused-ring (bicyclic) bond motifs is 1. The topological polar surface area (TPSA) is 57.6 Å². The monoisotopic (exact) mass is 322 g/mol. The number of rotatable bonds is 3. The number of benzene rings is 2. The fraction of sp³-hybridized carbons (Fsp3) is 0.250. The van der Waals surface area contributed by atoms with Crippen LogP contribution in [0, 0.1) is 0 Å². The Balaban J connectivity index is 2.08. The van der Waals surface area contributed by atoms with Gasteiger partial charge in [-0.05, 0) is 35.2 Å². The summed E-state index contributed by atoms with van der Waals surface area (Å²) in [6.45, 7) is 6.49. The molecule has 4 nitrogen and oxygen atoms in total. The molecule has 0 fully saturated rings. The summed E-state index contributed by atoms with van der Waals surface area (Å²) in [7, 11) is 1.63. The molecule has 0 aliphatic heterocycles. The van der Waals surface area contributed by atoms with Crippen LogP contribution in [0.25, 0.3) is 10.9 Å². The first kappa shape index (κ1) is 16.1. The molecule has 0 aliphatic rings. The molecule has 0 bridgehead atoms. The Labute approximate surface area is 141 Å². The molecule has 0 unspecified atom stereocenters. The number of aromatic nitrogens is 1. The Morgan fingerprint density at radius 3 is 2.58 bits per heavy atom. The van der Waals surface area contributed by atoms with Gasteiger partial charge < -0.3 is 14.8 Å². The molecule has 0 amide bonds. The first-order chi connectivity index (χ1) is 11.4. The normalized spacial score (nSPS) is 12.2. The van der Waals surface area contributed by atoms with Crippen molar-refractivity contribution in [2.45, 2.75) is 26.2 Å². The number of aromatic hydroxyl groups is 1. The van der Waals surface area contributed by atoms with Gasteiger partial charge in [0.1, 0.15) is 5.75 Å². The molecule has 0 spiro atoms. The maximum absolute atomic E-state index is 10.2. The van der Waals surface area contributed by atoms with Crippen molar-refractivity contribution in [1.29, 1.82) is 0 Å². The fourth-order valence-corrected chi connectivity index (χ4v) is 2.79. The van der Waals surface area contributed by atoms with Crippen molar-refractivity contribution < 1.29 is 9.84 Å². The number of hydrogen-bond donors (Lipinski definition) is 2. The third kappa shape index (κ3) is 3.00. The third-order valence-corrected chi connectivity index (χ3v) is 4.07. The van der Waals surface area contributed by atoms with Gasteiger partial charge in [-0.25, -0.2) is 0 Å². The predicted octanol–water partition coefficient (Wildman–Crippen LogP) is 4.93. The highest BCUT2D eigenvalue weighted by molar-refractivity contribution is 6.03. The zero-order valence-corrected chi connectivity index (χ0v) is 14.4. The summed E-state index contributed by atoms with van der Waals surface area (Å²) in [4.78, 5) is 7.60. The quantitative estimate of drug-likeness (QED) is 0.672. The summed E-state index contributed by atoms with van der Waals surface area (Å²) in [6, 6.07) is 13.7. The van der Waals surface area contributed by atoms with Crippen LogP contribution in [-0.2, 0) is 5.41 Å². The molecule has 0 aliphatic carbocycles. The van der Waals surface area contributed by atoms with Crippen molar-refractivity contribution in [3.8, 4) is 11.6 Å². The van der Waals surface area contributed by atoms with Crippen molar-refractivity contribution >= 4 is 22.8 Å². The van der Waals surface area contributed by atoms with Gasteiger partial charge in [-0.3, -0.25) is 4.99 Å². The van der Waals surface area contributed by atoms with E-state index in [1.54, 1.807) is 13.3 Å². The highest BCUT2D eigenvalue weighted by Crippen LogP contribution is 2.33. The van der Waals surface area contributed by atoms with E-state index in [0.29, 0.717) is 5.56 Å². The van der Waals surface area contributed by atoms with Crippen LogP contribution in [0.4, 0.5) is 5.69 Å². The average molecular weight is 322 g/mol. The summed E-state index contributed by atoms with van der Waals surface area (Å²) in [5.74, 6) is 0.849. The molecule has 2 N–H and O–H groups in total. The summed E-state index contributed by atoms with van der Waals surface area (Å²) < 4.78 is 5.27. The molecule has 0 atom stereocenters. The Hall–Kier alpha value is -2.75. The van der Waals surface area contributed by atoms with Crippen molar-refractivity contribution in [1.82, 2.24) is 4.98 Å². The molecular weight excluding hydrogens is 300 g/mol. The minimum absolute atomic E-state index is 0.000583. The number of para-hydroxylation sites is 1. The van der Waals surface area contributed by atoms with E-state index in [-0.39, 0.29) is 11.3 Å². The Kier molecular flexibility index (Phi) is 4.06. The Morgan fingerprint density at radius 2 is 1.88 bits per heavy atom. The number of aliphatic imine (C=N–C) groups is 1. The summed E-state index contributed by atoms with van der Waals surface area (Å²) >= 11 is 0. The molecule has 3 aromatic rings. The predicted molar refractivity (Wildman–Crippen MR) is 98.9 cm³/mol. The lowest BCUT2D eigenvalue weighted by Gasteiger charge is -2.20. The van der Waals surface area contributed by atoms with Gasteiger partial charge >= 0.3 is 0 Å². The molecule has 1 aromatic heterocycles.